The number of carbonyl (C=O) groups is 1. The third kappa shape index (κ3) is 4.52. The molecule has 0 fully saturated rings. The average Bonchev–Trinajstić information content (AvgIpc) is 2.93. The second-order valence-corrected chi connectivity index (χ2v) is 5.95. The van der Waals surface area contributed by atoms with Gasteiger partial charge < -0.3 is 4.74 Å². The molecule has 0 saturated heterocycles. The molecule has 0 radical (unpaired) electrons. The van der Waals surface area contributed by atoms with E-state index in [-0.39, 0.29) is 5.97 Å². The lowest BCUT2D eigenvalue weighted by Crippen LogP contribution is -2.22. The topological polar surface area (TPSA) is 42.4 Å². The van der Waals surface area contributed by atoms with Crippen molar-refractivity contribution in [3.63, 3.8) is 0 Å². The van der Waals surface area contributed by atoms with Crippen LogP contribution in [-0.4, -0.2) is 36.6 Å². The summed E-state index contributed by atoms with van der Waals surface area (Å²) in [6, 6.07) is 7.68. The van der Waals surface area contributed by atoms with Crippen molar-refractivity contribution in [3.05, 3.63) is 40.4 Å². The summed E-state index contributed by atoms with van der Waals surface area (Å²) in [6.45, 7) is 1.34. The molecule has 21 heavy (non-hydrogen) atoms. The number of benzene rings is 1. The van der Waals surface area contributed by atoms with Crippen LogP contribution in [0.25, 0.3) is 10.6 Å². The number of hydrogen-bond acceptors (Lipinski definition) is 5. The molecule has 0 bridgehead atoms. The molecule has 4 nitrogen and oxygen atoms in total. The summed E-state index contributed by atoms with van der Waals surface area (Å²) in [5.41, 5.74) is 1.93. The van der Waals surface area contributed by atoms with Gasteiger partial charge in [-0.2, -0.15) is 0 Å². The van der Waals surface area contributed by atoms with Crippen molar-refractivity contribution in [1.82, 2.24) is 9.88 Å². The second kappa shape index (κ2) is 7.54. The molecule has 0 spiro atoms. The molecule has 1 heterocycles. The van der Waals surface area contributed by atoms with E-state index in [0.29, 0.717) is 24.5 Å². The van der Waals surface area contributed by atoms with Gasteiger partial charge in [-0.25, -0.2) is 4.98 Å². The molecular weight excluding hydrogens is 308 g/mol. The van der Waals surface area contributed by atoms with Crippen LogP contribution in [0.5, 0.6) is 0 Å². The first kappa shape index (κ1) is 15.9. The number of methoxy groups -OCH3 is 1. The Hall–Kier alpha value is -1.43. The standard InChI is InChI=1S/C15H17ClN2O2S/c1-18(8-7-14(19)20-2)9-11-10-21-15(17-11)12-5-3-4-6-13(12)16/h3-6,10H,7-9H2,1-2H3. The highest BCUT2D eigenvalue weighted by molar-refractivity contribution is 7.13. The van der Waals surface area contributed by atoms with Crippen LogP contribution in [0.2, 0.25) is 5.02 Å². The predicted octanol–water partition coefficient (Wildman–Crippen LogP) is 3.46. The molecule has 0 N–H and O–H groups in total. The third-order valence-electron chi connectivity index (χ3n) is 3.01. The minimum atomic E-state index is -0.197. The molecule has 2 rings (SSSR count). The Morgan fingerprint density at radius 1 is 1.43 bits per heavy atom. The van der Waals surface area contributed by atoms with Gasteiger partial charge >= 0.3 is 5.97 Å². The van der Waals surface area contributed by atoms with Gasteiger partial charge in [0.1, 0.15) is 5.01 Å². The lowest BCUT2D eigenvalue weighted by Gasteiger charge is -2.13. The molecule has 1 aromatic heterocycles. The summed E-state index contributed by atoms with van der Waals surface area (Å²) < 4.78 is 4.63. The number of halogens is 1. The van der Waals surface area contributed by atoms with Gasteiger partial charge in [0.15, 0.2) is 0 Å². The summed E-state index contributed by atoms with van der Waals surface area (Å²) in [5.74, 6) is -0.197. The molecule has 0 aliphatic rings. The number of carbonyl (C=O) groups excluding carboxylic acids is 1. The van der Waals surface area contributed by atoms with E-state index in [9.17, 15) is 4.79 Å². The number of esters is 1. The van der Waals surface area contributed by atoms with E-state index in [2.05, 4.69) is 9.72 Å². The summed E-state index contributed by atoms with van der Waals surface area (Å²) >= 11 is 7.75. The predicted molar refractivity (Wildman–Crippen MR) is 85.5 cm³/mol. The van der Waals surface area contributed by atoms with Crippen LogP contribution >= 0.6 is 22.9 Å². The summed E-state index contributed by atoms with van der Waals surface area (Å²) in [7, 11) is 3.36. The first-order valence-electron chi connectivity index (χ1n) is 6.55. The van der Waals surface area contributed by atoms with Crippen LogP contribution in [0.3, 0.4) is 0 Å². The summed E-state index contributed by atoms with van der Waals surface area (Å²) in [5, 5.41) is 3.64. The minimum absolute atomic E-state index is 0.197. The normalized spacial score (nSPS) is 10.9. The molecular formula is C15H17ClN2O2S. The Balaban J connectivity index is 1.97. The van der Waals surface area contributed by atoms with Gasteiger partial charge in [0.05, 0.1) is 24.2 Å². The average molecular weight is 325 g/mol. The zero-order valence-electron chi connectivity index (χ0n) is 12.0. The number of thiazole rings is 1. The molecule has 0 aliphatic heterocycles. The zero-order chi connectivity index (χ0) is 15.2. The van der Waals surface area contributed by atoms with E-state index < -0.39 is 0 Å². The van der Waals surface area contributed by atoms with E-state index in [1.54, 1.807) is 11.3 Å². The summed E-state index contributed by atoms with van der Waals surface area (Å²) in [6.07, 6.45) is 0.383. The second-order valence-electron chi connectivity index (χ2n) is 4.69. The molecule has 112 valence electrons. The molecule has 0 unspecified atom stereocenters. The largest absolute Gasteiger partial charge is 0.469 e. The Kier molecular flexibility index (Phi) is 5.73. The Morgan fingerprint density at radius 3 is 2.90 bits per heavy atom. The number of hydrogen-bond donors (Lipinski definition) is 0. The molecule has 0 atom stereocenters. The molecule has 0 aliphatic carbocycles. The van der Waals surface area contributed by atoms with Crippen LogP contribution in [0.15, 0.2) is 29.6 Å². The van der Waals surface area contributed by atoms with Crippen molar-refractivity contribution in [1.29, 1.82) is 0 Å². The fraction of sp³-hybridized carbons (Fsp3) is 0.333. The fourth-order valence-electron chi connectivity index (χ4n) is 1.88. The quantitative estimate of drug-likeness (QED) is 0.763. The SMILES string of the molecule is COC(=O)CCN(C)Cc1csc(-c2ccccc2Cl)n1. The van der Waals surface area contributed by atoms with E-state index in [1.165, 1.54) is 7.11 Å². The third-order valence-corrected chi connectivity index (χ3v) is 4.27. The van der Waals surface area contributed by atoms with Gasteiger partial charge in [-0.15, -0.1) is 11.3 Å². The van der Waals surface area contributed by atoms with Gasteiger partial charge in [0, 0.05) is 24.0 Å². The Bertz CT molecular complexity index is 615. The van der Waals surface area contributed by atoms with Gasteiger partial charge in [-0.1, -0.05) is 29.8 Å². The van der Waals surface area contributed by atoms with Gasteiger partial charge in [0.2, 0.25) is 0 Å². The Morgan fingerprint density at radius 2 is 2.19 bits per heavy atom. The van der Waals surface area contributed by atoms with Crippen LogP contribution in [0.1, 0.15) is 12.1 Å². The maximum atomic E-state index is 11.1. The number of nitrogens with zero attached hydrogens (tertiary/aromatic N) is 2. The first-order valence-corrected chi connectivity index (χ1v) is 7.80. The highest BCUT2D eigenvalue weighted by atomic mass is 35.5. The van der Waals surface area contributed by atoms with E-state index >= 15 is 0 Å². The first-order chi connectivity index (χ1) is 10.1. The molecule has 2 aromatic rings. The van der Waals surface area contributed by atoms with E-state index in [4.69, 9.17) is 11.6 Å². The van der Waals surface area contributed by atoms with Crippen LogP contribution in [0, 0.1) is 0 Å². The lowest BCUT2D eigenvalue weighted by atomic mass is 10.2. The van der Waals surface area contributed by atoms with Crippen molar-refractivity contribution >= 4 is 28.9 Å². The zero-order valence-corrected chi connectivity index (χ0v) is 13.6. The van der Waals surface area contributed by atoms with Crippen LogP contribution < -0.4 is 0 Å². The van der Waals surface area contributed by atoms with Crippen molar-refractivity contribution in [2.24, 2.45) is 0 Å². The van der Waals surface area contributed by atoms with Crippen molar-refractivity contribution < 1.29 is 9.53 Å². The Labute approximate surface area is 133 Å². The highest BCUT2D eigenvalue weighted by Crippen LogP contribution is 2.30. The fourth-order valence-corrected chi connectivity index (χ4v) is 3.01. The minimum Gasteiger partial charge on any atom is -0.469 e. The number of aromatic nitrogens is 1. The lowest BCUT2D eigenvalue weighted by molar-refractivity contribution is -0.140. The van der Waals surface area contributed by atoms with Crippen molar-refractivity contribution in [3.8, 4) is 10.6 Å². The maximum Gasteiger partial charge on any atom is 0.306 e. The van der Waals surface area contributed by atoms with Crippen molar-refractivity contribution in [2.75, 3.05) is 20.7 Å². The van der Waals surface area contributed by atoms with Gasteiger partial charge in [-0.05, 0) is 13.1 Å². The van der Waals surface area contributed by atoms with E-state index in [0.717, 1.165) is 16.3 Å². The molecule has 0 saturated carbocycles. The molecule has 1 aromatic carbocycles. The monoisotopic (exact) mass is 324 g/mol. The number of ether oxygens (including phenoxy) is 1. The highest BCUT2D eigenvalue weighted by Gasteiger charge is 2.10. The number of rotatable bonds is 6. The molecule has 0 amide bonds. The maximum absolute atomic E-state index is 11.1. The van der Waals surface area contributed by atoms with Gasteiger partial charge in [0.25, 0.3) is 0 Å². The molecule has 6 heteroatoms. The van der Waals surface area contributed by atoms with E-state index in [1.807, 2.05) is 41.6 Å². The van der Waals surface area contributed by atoms with Gasteiger partial charge in [-0.3, -0.25) is 9.69 Å². The van der Waals surface area contributed by atoms with Crippen LogP contribution in [0.4, 0.5) is 0 Å². The van der Waals surface area contributed by atoms with Crippen LogP contribution in [-0.2, 0) is 16.1 Å². The van der Waals surface area contributed by atoms with Crippen molar-refractivity contribution in [2.45, 2.75) is 13.0 Å². The summed E-state index contributed by atoms with van der Waals surface area (Å²) in [4.78, 5) is 17.8. The smallest absolute Gasteiger partial charge is 0.306 e.